The van der Waals surface area contributed by atoms with E-state index in [1.807, 2.05) is 0 Å². The smallest absolute Gasteiger partial charge is 0.391 e. The van der Waals surface area contributed by atoms with Crippen molar-refractivity contribution in [1.29, 1.82) is 0 Å². The summed E-state index contributed by atoms with van der Waals surface area (Å²) in [6, 6.07) is 14.2. The molecule has 3 aromatic carbocycles. The third-order valence-electron chi connectivity index (χ3n) is 7.01. The Bertz CT molecular complexity index is 1530. The number of rotatable bonds is 15. The molecular formula is C33H35ClF3N3O7. The standard InChI is InChI=1S/C33H35ClF3N3O7/c1-19(2)27(17-33(35,36)37)39-32(45)29(21-7-11-24(46-3)12-8-21)40-31(44)26(16-20-5-4-6-23(34)15-20)38-30(43)22-9-13-25(14-10-22)47-18-28(41)42/h4-15,19,26-27,29H,16-18H2,1-3H3,(H,38,43)(H,39,45)(H,40,44)(H,41,42)/t26?,27-,29?/m1/s1. The average molecular weight is 678 g/mol. The van der Waals surface area contributed by atoms with Crippen LogP contribution >= 0.6 is 11.6 Å². The van der Waals surface area contributed by atoms with Crippen molar-refractivity contribution in [1.82, 2.24) is 16.0 Å². The number of ether oxygens (including phenoxy) is 2. The minimum absolute atomic E-state index is 0.0580. The highest BCUT2D eigenvalue weighted by atomic mass is 35.5. The molecule has 3 amide bonds. The van der Waals surface area contributed by atoms with Gasteiger partial charge in [0.2, 0.25) is 11.8 Å². The van der Waals surface area contributed by atoms with E-state index >= 15 is 0 Å². The summed E-state index contributed by atoms with van der Waals surface area (Å²) in [4.78, 5) is 51.4. The first kappa shape index (κ1) is 36.7. The molecule has 2 unspecified atom stereocenters. The van der Waals surface area contributed by atoms with Gasteiger partial charge in [-0.1, -0.05) is 49.7 Å². The maximum absolute atomic E-state index is 13.8. The number of carboxylic acid groups (broad SMARTS) is 1. The van der Waals surface area contributed by atoms with Crippen LogP contribution in [0, 0.1) is 5.92 Å². The fourth-order valence-corrected chi connectivity index (χ4v) is 4.72. The van der Waals surface area contributed by atoms with E-state index in [2.05, 4.69) is 16.0 Å². The Morgan fingerprint density at radius 2 is 1.51 bits per heavy atom. The highest BCUT2D eigenvalue weighted by Gasteiger charge is 2.36. The van der Waals surface area contributed by atoms with E-state index in [0.717, 1.165) is 0 Å². The number of carbonyl (C=O) groups excluding carboxylic acids is 3. The molecule has 252 valence electrons. The fraction of sp³-hybridized carbons (Fsp3) is 0.333. The Kier molecular flexibility index (Phi) is 13.0. The number of carbonyl (C=O) groups is 4. The summed E-state index contributed by atoms with van der Waals surface area (Å²) in [7, 11) is 1.44. The third kappa shape index (κ3) is 11.8. The predicted octanol–water partition coefficient (Wildman–Crippen LogP) is 5.10. The molecule has 3 atom stereocenters. The first-order valence-electron chi connectivity index (χ1n) is 14.5. The van der Waals surface area contributed by atoms with Crippen molar-refractivity contribution in [3.8, 4) is 11.5 Å². The van der Waals surface area contributed by atoms with Crippen LogP contribution in [0.15, 0.2) is 72.8 Å². The first-order chi connectivity index (χ1) is 22.1. The Morgan fingerprint density at radius 1 is 0.872 bits per heavy atom. The van der Waals surface area contributed by atoms with Crippen LogP contribution in [0.1, 0.15) is 47.8 Å². The molecule has 0 fully saturated rings. The molecule has 14 heteroatoms. The van der Waals surface area contributed by atoms with Gasteiger partial charge >= 0.3 is 12.1 Å². The number of methoxy groups -OCH3 is 1. The number of alkyl halides is 3. The summed E-state index contributed by atoms with van der Waals surface area (Å²) in [5.74, 6) is -3.46. The summed E-state index contributed by atoms with van der Waals surface area (Å²) >= 11 is 6.14. The molecule has 0 saturated carbocycles. The van der Waals surface area contributed by atoms with Gasteiger partial charge in [0.25, 0.3) is 5.91 Å². The van der Waals surface area contributed by atoms with Crippen LogP contribution in [0.5, 0.6) is 11.5 Å². The average Bonchev–Trinajstić information content (AvgIpc) is 3.01. The molecule has 0 aliphatic rings. The van der Waals surface area contributed by atoms with Crippen LogP contribution in [-0.2, 0) is 20.8 Å². The summed E-state index contributed by atoms with van der Waals surface area (Å²) in [6.07, 6.45) is -5.88. The second-order valence-electron chi connectivity index (χ2n) is 11.0. The summed E-state index contributed by atoms with van der Waals surface area (Å²) in [5, 5.41) is 16.9. The molecule has 0 heterocycles. The van der Waals surface area contributed by atoms with E-state index in [1.165, 1.54) is 55.6 Å². The molecule has 0 aliphatic heterocycles. The minimum Gasteiger partial charge on any atom is -0.497 e. The van der Waals surface area contributed by atoms with Gasteiger partial charge in [-0.3, -0.25) is 14.4 Å². The monoisotopic (exact) mass is 677 g/mol. The molecule has 3 rings (SSSR count). The van der Waals surface area contributed by atoms with Crippen LogP contribution in [0.4, 0.5) is 13.2 Å². The molecule has 0 radical (unpaired) electrons. The zero-order valence-corrected chi connectivity index (χ0v) is 26.5. The lowest BCUT2D eigenvalue weighted by Gasteiger charge is -2.28. The number of benzene rings is 3. The van der Waals surface area contributed by atoms with Gasteiger partial charge in [0.05, 0.1) is 13.5 Å². The second-order valence-corrected chi connectivity index (χ2v) is 11.4. The maximum Gasteiger partial charge on any atom is 0.391 e. The van der Waals surface area contributed by atoms with Crippen LogP contribution < -0.4 is 25.4 Å². The number of carboxylic acids is 1. The van der Waals surface area contributed by atoms with Gasteiger partial charge in [-0.05, 0) is 65.6 Å². The zero-order valence-electron chi connectivity index (χ0n) is 25.8. The van der Waals surface area contributed by atoms with E-state index in [0.29, 0.717) is 16.3 Å². The fourth-order valence-electron chi connectivity index (χ4n) is 4.51. The van der Waals surface area contributed by atoms with Crippen molar-refractivity contribution in [2.24, 2.45) is 5.92 Å². The molecule has 0 saturated heterocycles. The molecule has 3 aromatic rings. The molecule has 47 heavy (non-hydrogen) atoms. The Labute approximate surface area is 274 Å². The van der Waals surface area contributed by atoms with E-state index in [9.17, 15) is 32.3 Å². The SMILES string of the molecule is COc1ccc(C(NC(=O)C(Cc2cccc(Cl)c2)NC(=O)c2ccc(OCC(=O)O)cc2)C(=O)N[C@H](CC(F)(F)F)C(C)C)cc1. The van der Waals surface area contributed by atoms with Gasteiger partial charge in [0.15, 0.2) is 6.61 Å². The lowest BCUT2D eigenvalue weighted by atomic mass is 9.98. The van der Waals surface area contributed by atoms with Gasteiger partial charge in [-0.25, -0.2) is 4.79 Å². The van der Waals surface area contributed by atoms with Crippen molar-refractivity contribution in [3.63, 3.8) is 0 Å². The number of hydrogen-bond acceptors (Lipinski definition) is 6. The second kappa shape index (κ2) is 16.7. The van der Waals surface area contributed by atoms with E-state index < -0.39 is 66.9 Å². The maximum atomic E-state index is 13.8. The van der Waals surface area contributed by atoms with E-state index in [4.69, 9.17) is 26.2 Å². The lowest BCUT2D eigenvalue weighted by molar-refractivity contribution is -0.146. The Morgan fingerprint density at radius 3 is 2.06 bits per heavy atom. The molecule has 10 nitrogen and oxygen atoms in total. The molecule has 0 spiro atoms. The number of aliphatic carboxylic acids is 1. The lowest BCUT2D eigenvalue weighted by Crippen LogP contribution is -2.52. The minimum atomic E-state index is -4.55. The molecular weight excluding hydrogens is 643 g/mol. The third-order valence-corrected chi connectivity index (χ3v) is 7.25. The molecule has 4 N–H and O–H groups in total. The van der Waals surface area contributed by atoms with Crippen LogP contribution in [-0.4, -0.2) is 60.8 Å². The van der Waals surface area contributed by atoms with Crippen molar-refractivity contribution in [2.45, 2.75) is 51.0 Å². The molecule has 0 aromatic heterocycles. The summed E-state index contributed by atoms with van der Waals surface area (Å²) in [5.41, 5.74) is 0.953. The number of hydrogen-bond donors (Lipinski definition) is 4. The number of halogens is 4. The zero-order chi connectivity index (χ0) is 34.7. The Balaban J connectivity index is 1.91. The Hall–Kier alpha value is -4.78. The van der Waals surface area contributed by atoms with Crippen molar-refractivity contribution in [3.05, 3.63) is 94.5 Å². The molecule has 0 bridgehead atoms. The largest absolute Gasteiger partial charge is 0.497 e. The highest BCUT2D eigenvalue weighted by molar-refractivity contribution is 6.30. The van der Waals surface area contributed by atoms with Crippen LogP contribution in [0.3, 0.4) is 0 Å². The van der Waals surface area contributed by atoms with Gasteiger partial charge < -0.3 is 30.5 Å². The first-order valence-corrected chi connectivity index (χ1v) is 14.8. The summed E-state index contributed by atoms with van der Waals surface area (Å²) in [6.45, 7) is 2.50. The van der Waals surface area contributed by atoms with Gasteiger partial charge in [0.1, 0.15) is 23.6 Å². The van der Waals surface area contributed by atoms with Crippen molar-refractivity contribution in [2.75, 3.05) is 13.7 Å². The summed E-state index contributed by atoms with van der Waals surface area (Å²) < 4.78 is 50.2. The predicted molar refractivity (Wildman–Crippen MR) is 167 cm³/mol. The van der Waals surface area contributed by atoms with Crippen LogP contribution in [0.2, 0.25) is 5.02 Å². The van der Waals surface area contributed by atoms with E-state index in [1.54, 1.807) is 38.1 Å². The normalized spacial score (nSPS) is 13.2. The van der Waals surface area contributed by atoms with Gasteiger partial charge in [-0.2, -0.15) is 13.2 Å². The number of amides is 3. The van der Waals surface area contributed by atoms with E-state index in [-0.39, 0.29) is 23.3 Å². The van der Waals surface area contributed by atoms with Crippen molar-refractivity contribution >= 4 is 35.3 Å². The molecule has 0 aliphatic carbocycles. The van der Waals surface area contributed by atoms with Crippen LogP contribution in [0.25, 0.3) is 0 Å². The topological polar surface area (TPSA) is 143 Å². The quantitative estimate of drug-likeness (QED) is 0.175. The van der Waals surface area contributed by atoms with Gasteiger partial charge in [0, 0.05) is 23.0 Å². The van der Waals surface area contributed by atoms with Crippen molar-refractivity contribution < 1.29 is 46.9 Å². The highest BCUT2D eigenvalue weighted by Crippen LogP contribution is 2.26. The van der Waals surface area contributed by atoms with Gasteiger partial charge in [-0.15, -0.1) is 0 Å². The number of nitrogens with one attached hydrogen (secondary N) is 3.